The first-order chi connectivity index (χ1) is 13.8. The molecule has 0 unspecified atom stereocenters. The number of carbonyl (C=O) groups excluding carboxylic acids is 2. The van der Waals surface area contributed by atoms with Gasteiger partial charge in [-0.15, -0.1) is 0 Å². The van der Waals surface area contributed by atoms with Crippen molar-refractivity contribution in [3.05, 3.63) is 40.7 Å². The number of fused-ring (bicyclic) bond motifs is 1. The van der Waals surface area contributed by atoms with E-state index in [1.807, 2.05) is 0 Å². The van der Waals surface area contributed by atoms with Crippen molar-refractivity contribution >= 4 is 23.4 Å². The van der Waals surface area contributed by atoms with Crippen molar-refractivity contribution in [3.8, 4) is 0 Å². The van der Waals surface area contributed by atoms with Crippen LogP contribution in [0.2, 0.25) is 0 Å². The molecule has 11 heteroatoms. The zero-order valence-electron chi connectivity index (χ0n) is 16.7. The van der Waals surface area contributed by atoms with Gasteiger partial charge in [-0.25, -0.2) is 4.79 Å². The lowest BCUT2D eigenvalue weighted by Crippen LogP contribution is -2.40. The number of ether oxygens (including phenoxy) is 1. The zero-order chi connectivity index (χ0) is 22.3. The fourth-order valence-electron chi connectivity index (χ4n) is 3.00. The Bertz CT molecular complexity index is 979. The van der Waals surface area contributed by atoms with Crippen molar-refractivity contribution in [2.24, 2.45) is 0 Å². The van der Waals surface area contributed by atoms with Gasteiger partial charge in [0.2, 0.25) is 0 Å². The van der Waals surface area contributed by atoms with Gasteiger partial charge in [-0.05, 0) is 39.0 Å². The molecule has 1 aromatic carbocycles. The first-order valence-electron chi connectivity index (χ1n) is 9.17. The number of anilines is 2. The second kappa shape index (κ2) is 7.54. The van der Waals surface area contributed by atoms with Gasteiger partial charge in [0.1, 0.15) is 5.60 Å². The van der Waals surface area contributed by atoms with Crippen LogP contribution >= 0.6 is 0 Å². The van der Waals surface area contributed by atoms with E-state index in [0.717, 1.165) is 18.2 Å². The van der Waals surface area contributed by atoms with Crippen molar-refractivity contribution in [1.82, 2.24) is 15.1 Å². The molecule has 0 atom stereocenters. The van der Waals surface area contributed by atoms with E-state index in [2.05, 4.69) is 15.5 Å². The molecular weight excluding hydrogens is 403 g/mol. The standard InChI is InChI=1S/C19H22F3N5O3/c1-18(2,3)30-17(29)27-7-6-13-11(9-27)15(26-25-13)16(28)24-14-5-4-10(8-12(14)23)19(20,21)22/h4-5,8H,6-7,9,23H2,1-3H3,(H,24,28)(H,25,26). The van der Waals surface area contributed by atoms with Gasteiger partial charge in [0, 0.05) is 24.2 Å². The second-order valence-electron chi connectivity index (χ2n) is 7.94. The van der Waals surface area contributed by atoms with Gasteiger partial charge in [0.15, 0.2) is 5.69 Å². The molecule has 0 saturated carbocycles. The molecule has 2 heterocycles. The Balaban J connectivity index is 1.77. The Morgan fingerprint density at radius 3 is 2.57 bits per heavy atom. The van der Waals surface area contributed by atoms with E-state index >= 15 is 0 Å². The normalized spacial score (nSPS) is 14.3. The number of alkyl halides is 3. The van der Waals surface area contributed by atoms with E-state index in [9.17, 15) is 22.8 Å². The van der Waals surface area contributed by atoms with E-state index in [4.69, 9.17) is 10.5 Å². The number of rotatable bonds is 2. The summed E-state index contributed by atoms with van der Waals surface area (Å²) >= 11 is 0. The first kappa shape index (κ1) is 21.5. The number of aromatic amines is 1. The van der Waals surface area contributed by atoms with Crippen molar-refractivity contribution in [2.45, 2.75) is 45.5 Å². The molecule has 30 heavy (non-hydrogen) atoms. The first-order valence-corrected chi connectivity index (χ1v) is 9.17. The summed E-state index contributed by atoms with van der Waals surface area (Å²) in [5.41, 5.74) is 5.17. The van der Waals surface area contributed by atoms with Crippen LogP contribution in [-0.2, 0) is 23.9 Å². The summed E-state index contributed by atoms with van der Waals surface area (Å²) in [6.07, 6.45) is -4.59. The summed E-state index contributed by atoms with van der Waals surface area (Å²) in [5.74, 6) is -0.648. The van der Waals surface area contributed by atoms with E-state index in [1.165, 1.54) is 4.90 Å². The third-order valence-electron chi connectivity index (χ3n) is 4.43. The molecule has 162 valence electrons. The van der Waals surface area contributed by atoms with E-state index in [-0.39, 0.29) is 23.6 Å². The maximum Gasteiger partial charge on any atom is 0.416 e. The van der Waals surface area contributed by atoms with Crippen LogP contribution in [0.25, 0.3) is 0 Å². The molecule has 1 aromatic heterocycles. The monoisotopic (exact) mass is 425 g/mol. The van der Waals surface area contributed by atoms with Gasteiger partial charge >= 0.3 is 12.3 Å². The highest BCUT2D eigenvalue weighted by Gasteiger charge is 2.32. The Kier molecular flexibility index (Phi) is 5.40. The maximum absolute atomic E-state index is 12.8. The number of hydrogen-bond acceptors (Lipinski definition) is 5. The number of nitrogens with two attached hydrogens (primary N) is 1. The molecule has 0 radical (unpaired) electrons. The quantitative estimate of drug-likeness (QED) is 0.637. The van der Waals surface area contributed by atoms with Crippen LogP contribution in [0.15, 0.2) is 18.2 Å². The van der Waals surface area contributed by atoms with E-state index in [0.29, 0.717) is 24.2 Å². The molecule has 0 bridgehead atoms. The lowest BCUT2D eigenvalue weighted by molar-refractivity contribution is -0.137. The fourth-order valence-corrected chi connectivity index (χ4v) is 3.00. The average molecular weight is 425 g/mol. The zero-order valence-corrected chi connectivity index (χ0v) is 16.7. The third kappa shape index (κ3) is 4.66. The highest BCUT2D eigenvalue weighted by molar-refractivity contribution is 6.05. The summed E-state index contributed by atoms with van der Waals surface area (Å²) in [6, 6.07) is 2.66. The van der Waals surface area contributed by atoms with Crippen LogP contribution in [0.1, 0.15) is 48.1 Å². The minimum Gasteiger partial charge on any atom is -0.444 e. The summed E-state index contributed by atoms with van der Waals surface area (Å²) in [6.45, 7) is 5.78. The lowest BCUT2D eigenvalue weighted by atomic mass is 10.1. The number of hydrogen-bond donors (Lipinski definition) is 3. The van der Waals surface area contributed by atoms with E-state index in [1.54, 1.807) is 20.8 Å². The van der Waals surface area contributed by atoms with E-state index < -0.39 is 29.3 Å². The maximum atomic E-state index is 12.8. The molecule has 0 saturated heterocycles. The Labute approximate surface area is 170 Å². The van der Waals surface area contributed by atoms with Gasteiger partial charge in [0.25, 0.3) is 5.91 Å². The number of nitrogens with zero attached hydrogens (tertiary/aromatic N) is 2. The molecule has 0 aliphatic carbocycles. The summed E-state index contributed by atoms with van der Waals surface area (Å²) < 4.78 is 43.7. The third-order valence-corrected chi connectivity index (χ3v) is 4.43. The summed E-state index contributed by atoms with van der Waals surface area (Å²) in [5, 5.41) is 9.26. The summed E-state index contributed by atoms with van der Waals surface area (Å²) in [7, 11) is 0. The van der Waals surface area contributed by atoms with Crippen molar-refractivity contribution in [3.63, 3.8) is 0 Å². The van der Waals surface area contributed by atoms with Crippen molar-refractivity contribution < 1.29 is 27.5 Å². The van der Waals surface area contributed by atoms with Crippen LogP contribution in [0.4, 0.5) is 29.3 Å². The van der Waals surface area contributed by atoms with Crippen LogP contribution in [0.3, 0.4) is 0 Å². The van der Waals surface area contributed by atoms with Crippen LogP contribution in [-0.4, -0.2) is 39.2 Å². The molecule has 3 rings (SSSR count). The molecule has 2 aromatic rings. The minimum absolute atomic E-state index is 0.0320. The predicted octanol–water partition coefficient (Wildman–Crippen LogP) is 3.56. The van der Waals surface area contributed by atoms with Gasteiger partial charge in [0.05, 0.1) is 23.5 Å². The van der Waals surface area contributed by atoms with Crippen LogP contribution in [0, 0.1) is 0 Å². The molecule has 8 nitrogen and oxygen atoms in total. The number of benzene rings is 1. The molecular formula is C19H22F3N5O3. The number of aromatic nitrogens is 2. The Hall–Kier alpha value is -3.24. The second-order valence-corrected chi connectivity index (χ2v) is 7.94. The van der Waals surface area contributed by atoms with Gasteiger partial charge in [-0.3, -0.25) is 9.89 Å². The van der Waals surface area contributed by atoms with Gasteiger partial charge < -0.3 is 20.7 Å². The number of H-pyrrole nitrogens is 1. The highest BCUT2D eigenvalue weighted by atomic mass is 19.4. The van der Waals surface area contributed by atoms with Crippen LogP contribution < -0.4 is 11.1 Å². The van der Waals surface area contributed by atoms with Crippen molar-refractivity contribution in [1.29, 1.82) is 0 Å². The molecule has 2 amide bonds. The topological polar surface area (TPSA) is 113 Å². The van der Waals surface area contributed by atoms with Gasteiger partial charge in [-0.2, -0.15) is 18.3 Å². The molecule has 4 N–H and O–H groups in total. The predicted molar refractivity (Wildman–Crippen MR) is 103 cm³/mol. The largest absolute Gasteiger partial charge is 0.444 e. The number of carbonyl (C=O) groups is 2. The molecule has 1 aliphatic rings. The number of amides is 2. The fraction of sp³-hybridized carbons (Fsp3) is 0.421. The number of nitrogen functional groups attached to an aromatic ring is 1. The molecule has 1 aliphatic heterocycles. The number of nitrogens with one attached hydrogen (secondary N) is 2. The number of halogens is 3. The minimum atomic E-state index is -4.54. The SMILES string of the molecule is CC(C)(C)OC(=O)N1CCc2[nH]nc(C(=O)Nc3ccc(C(F)(F)F)cc3N)c2C1. The Morgan fingerprint density at radius 2 is 1.97 bits per heavy atom. The Morgan fingerprint density at radius 1 is 1.27 bits per heavy atom. The summed E-state index contributed by atoms with van der Waals surface area (Å²) in [4.78, 5) is 26.5. The lowest BCUT2D eigenvalue weighted by Gasteiger charge is -2.30. The highest BCUT2D eigenvalue weighted by Crippen LogP contribution is 2.33. The molecule has 0 spiro atoms. The molecule has 0 fully saturated rings. The van der Waals surface area contributed by atoms with Crippen LogP contribution in [0.5, 0.6) is 0 Å². The van der Waals surface area contributed by atoms with Gasteiger partial charge in [-0.1, -0.05) is 0 Å². The smallest absolute Gasteiger partial charge is 0.416 e. The average Bonchev–Trinajstić information content (AvgIpc) is 3.04. The van der Waals surface area contributed by atoms with Crippen molar-refractivity contribution in [2.75, 3.05) is 17.6 Å².